The van der Waals surface area contributed by atoms with Crippen molar-refractivity contribution in [1.29, 1.82) is 0 Å². The minimum Gasteiger partial charge on any atom is -0.495 e. The van der Waals surface area contributed by atoms with E-state index < -0.39 is 0 Å². The van der Waals surface area contributed by atoms with Crippen molar-refractivity contribution in [1.82, 2.24) is 9.80 Å². The molecule has 0 amide bonds. The van der Waals surface area contributed by atoms with Crippen LogP contribution >= 0.6 is 0 Å². The topological polar surface area (TPSA) is 19.0 Å². The molecule has 2 heterocycles. The fraction of sp³-hybridized carbons (Fsp3) is 0.714. The lowest BCUT2D eigenvalue weighted by molar-refractivity contribution is 0.0687. The van der Waals surface area contributed by atoms with Gasteiger partial charge in [0.25, 0.3) is 0 Å². The third kappa shape index (κ3) is 3.80. The van der Waals surface area contributed by atoms with Crippen molar-refractivity contribution in [2.24, 2.45) is 0 Å². The van der Waals surface area contributed by atoms with E-state index in [0.29, 0.717) is 0 Å². The van der Waals surface area contributed by atoms with E-state index in [9.17, 15) is 0 Å². The van der Waals surface area contributed by atoms with Gasteiger partial charge in [0.1, 0.15) is 5.75 Å². The lowest BCUT2D eigenvalue weighted by Crippen LogP contribution is -2.56. The molecule has 0 aromatic heterocycles. The largest absolute Gasteiger partial charge is 0.495 e. The number of likely N-dealkylation sites (tertiary alicyclic amines) is 1. The predicted molar refractivity (Wildman–Crippen MR) is 104 cm³/mol. The molecular formula is C21H33N3O. The second kappa shape index (κ2) is 7.96. The molecule has 2 saturated heterocycles. The fourth-order valence-electron chi connectivity index (χ4n) is 5.10. The smallest absolute Gasteiger partial charge is 0.142 e. The summed E-state index contributed by atoms with van der Waals surface area (Å²) in [5.41, 5.74) is 1.25. The Balaban J connectivity index is 1.33. The lowest BCUT2D eigenvalue weighted by Gasteiger charge is -2.45. The summed E-state index contributed by atoms with van der Waals surface area (Å²) in [6.07, 6.45) is 8.54. The van der Waals surface area contributed by atoms with Crippen LogP contribution in [0.3, 0.4) is 0 Å². The van der Waals surface area contributed by atoms with E-state index in [2.05, 4.69) is 39.0 Å². The van der Waals surface area contributed by atoms with Crippen LogP contribution in [0, 0.1) is 0 Å². The third-order valence-corrected chi connectivity index (χ3v) is 6.53. The van der Waals surface area contributed by atoms with Crippen LogP contribution in [0.1, 0.15) is 38.5 Å². The monoisotopic (exact) mass is 343 g/mol. The second-order valence-corrected chi connectivity index (χ2v) is 7.92. The van der Waals surface area contributed by atoms with Crippen LogP contribution in [0.2, 0.25) is 0 Å². The van der Waals surface area contributed by atoms with Crippen LogP contribution in [0.25, 0.3) is 0 Å². The molecule has 1 atom stereocenters. The number of hydrogen-bond donors (Lipinski definition) is 0. The maximum atomic E-state index is 5.55. The van der Waals surface area contributed by atoms with Crippen molar-refractivity contribution >= 4 is 5.69 Å². The van der Waals surface area contributed by atoms with Crippen molar-refractivity contribution in [3.63, 3.8) is 0 Å². The highest BCUT2D eigenvalue weighted by molar-refractivity contribution is 5.58. The van der Waals surface area contributed by atoms with E-state index in [4.69, 9.17) is 4.74 Å². The van der Waals surface area contributed by atoms with Crippen LogP contribution in [0.4, 0.5) is 5.69 Å². The molecule has 4 rings (SSSR count). The van der Waals surface area contributed by atoms with Gasteiger partial charge < -0.3 is 9.64 Å². The van der Waals surface area contributed by atoms with E-state index in [1.54, 1.807) is 7.11 Å². The Hall–Kier alpha value is -1.26. The SMILES string of the molecule is COc1ccccc1N1CCN(C2CCCN(C3CCCC3)C2)CC1. The first-order valence-electron chi connectivity index (χ1n) is 10.2. The first kappa shape index (κ1) is 17.2. The number of para-hydroxylation sites is 2. The average molecular weight is 344 g/mol. The molecule has 1 aromatic rings. The minimum absolute atomic E-state index is 0.772. The maximum absolute atomic E-state index is 5.55. The van der Waals surface area contributed by atoms with E-state index >= 15 is 0 Å². The Morgan fingerprint density at radius 2 is 1.52 bits per heavy atom. The number of hydrogen-bond acceptors (Lipinski definition) is 4. The first-order chi connectivity index (χ1) is 12.3. The van der Waals surface area contributed by atoms with Crippen molar-refractivity contribution in [3.05, 3.63) is 24.3 Å². The molecule has 3 fully saturated rings. The van der Waals surface area contributed by atoms with Gasteiger partial charge in [-0.05, 0) is 44.4 Å². The maximum Gasteiger partial charge on any atom is 0.142 e. The lowest BCUT2D eigenvalue weighted by atomic mass is 10.0. The van der Waals surface area contributed by atoms with Gasteiger partial charge in [0.15, 0.2) is 0 Å². The van der Waals surface area contributed by atoms with E-state index in [0.717, 1.165) is 30.9 Å². The van der Waals surface area contributed by atoms with Crippen LogP contribution < -0.4 is 9.64 Å². The number of methoxy groups -OCH3 is 1. The van der Waals surface area contributed by atoms with Crippen LogP contribution in [-0.2, 0) is 0 Å². The van der Waals surface area contributed by atoms with Gasteiger partial charge in [0.05, 0.1) is 12.8 Å². The zero-order valence-corrected chi connectivity index (χ0v) is 15.7. The molecule has 4 nitrogen and oxygen atoms in total. The highest BCUT2D eigenvalue weighted by Gasteiger charge is 2.32. The number of ether oxygens (including phenoxy) is 1. The van der Waals surface area contributed by atoms with Gasteiger partial charge in [-0.1, -0.05) is 25.0 Å². The summed E-state index contributed by atoms with van der Waals surface area (Å²) in [5.74, 6) is 1.00. The van der Waals surface area contributed by atoms with Gasteiger partial charge in [0.2, 0.25) is 0 Å². The number of nitrogens with zero attached hydrogens (tertiary/aromatic N) is 3. The quantitative estimate of drug-likeness (QED) is 0.835. The van der Waals surface area contributed by atoms with Crippen molar-refractivity contribution < 1.29 is 4.74 Å². The molecule has 1 saturated carbocycles. The standard InChI is InChI=1S/C21H33N3O/c1-25-21-11-5-4-10-20(21)23-15-13-22(14-16-23)19-9-6-12-24(17-19)18-7-2-3-8-18/h4-5,10-11,18-19H,2-3,6-9,12-17H2,1H3. The normalized spacial score (nSPS) is 26.9. The zero-order chi connectivity index (χ0) is 17.1. The average Bonchev–Trinajstić information content (AvgIpc) is 3.23. The number of anilines is 1. The molecule has 3 aliphatic rings. The summed E-state index contributed by atoms with van der Waals surface area (Å²) < 4.78 is 5.55. The van der Waals surface area contributed by atoms with Crippen molar-refractivity contribution in [2.75, 3.05) is 51.3 Å². The van der Waals surface area contributed by atoms with E-state index in [1.807, 2.05) is 0 Å². The minimum atomic E-state index is 0.772. The highest BCUT2D eigenvalue weighted by Crippen LogP contribution is 2.30. The third-order valence-electron chi connectivity index (χ3n) is 6.53. The van der Waals surface area contributed by atoms with Crippen molar-refractivity contribution in [2.45, 2.75) is 50.6 Å². The van der Waals surface area contributed by atoms with Gasteiger partial charge in [-0.2, -0.15) is 0 Å². The fourth-order valence-corrected chi connectivity index (χ4v) is 5.10. The molecule has 1 aromatic carbocycles. The van der Waals surface area contributed by atoms with Gasteiger partial charge in [0, 0.05) is 44.8 Å². The van der Waals surface area contributed by atoms with Crippen molar-refractivity contribution in [3.8, 4) is 5.75 Å². The summed E-state index contributed by atoms with van der Waals surface area (Å²) in [6.45, 7) is 7.23. The zero-order valence-electron chi connectivity index (χ0n) is 15.7. The molecule has 0 N–H and O–H groups in total. The number of rotatable bonds is 4. The Kier molecular flexibility index (Phi) is 5.47. The second-order valence-electron chi connectivity index (χ2n) is 7.92. The van der Waals surface area contributed by atoms with Gasteiger partial charge in [-0.15, -0.1) is 0 Å². The first-order valence-corrected chi connectivity index (χ1v) is 10.2. The molecule has 25 heavy (non-hydrogen) atoms. The number of piperidine rings is 1. The molecule has 1 unspecified atom stereocenters. The Bertz CT molecular complexity index is 550. The highest BCUT2D eigenvalue weighted by atomic mass is 16.5. The van der Waals surface area contributed by atoms with Gasteiger partial charge in [-0.3, -0.25) is 9.80 Å². The van der Waals surface area contributed by atoms with Crippen LogP contribution in [0.15, 0.2) is 24.3 Å². The Labute approximate surface area is 152 Å². The van der Waals surface area contributed by atoms with E-state index in [-0.39, 0.29) is 0 Å². The molecule has 0 spiro atoms. The summed E-state index contributed by atoms with van der Waals surface area (Å²) >= 11 is 0. The van der Waals surface area contributed by atoms with E-state index in [1.165, 1.54) is 70.4 Å². The molecule has 4 heteroatoms. The summed E-state index contributed by atoms with van der Waals surface area (Å²) in [6, 6.07) is 10.1. The Morgan fingerprint density at radius 3 is 2.28 bits per heavy atom. The molecular weight excluding hydrogens is 310 g/mol. The molecule has 0 radical (unpaired) electrons. The molecule has 1 aliphatic carbocycles. The Morgan fingerprint density at radius 1 is 0.800 bits per heavy atom. The molecule has 138 valence electrons. The summed E-state index contributed by atoms with van der Waals surface area (Å²) in [7, 11) is 1.77. The predicted octanol–water partition coefficient (Wildman–Crippen LogP) is 3.22. The summed E-state index contributed by atoms with van der Waals surface area (Å²) in [4.78, 5) is 8.06. The number of piperazine rings is 1. The summed E-state index contributed by atoms with van der Waals surface area (Å²) in [5, 5.41) is 0. The van der Waals surface area contributed by atoms with Crippen LogP contribution in [0.5, 0.6) is 5.75 Å². The van der Waals surface area contributed by atoms with Crippen LogP contribution in [-0.4, -0.2) is 68.3 Å². The molecule has 2 aliphatic heterocycles. The van der Waals surface area contributed by atoms with Gasteiger partial charge in [-0.25, -0.2) is 0 Å². The molecule has 0 bridgehead atoms. The van der Waals surface area contributed by atoms with Gasteiger partial charge >= 0.3 is 0 Å². The number of benzene rings is 1.